The van der Waals surface area contributed by atoms with Crippen LogP contribution in [0, 0.1) is 0 Å². The molecule has 75 heavy (non-hydrogen) atoms. The Bertz CT molecular complexity index is 1570. The first-order chi connectivity index (χ1) is 37.0. The predicted molar refractivity (Wildman–Crippen MR) is 325 cm³/mol. The van der Waals surface area contributed by atoms with Gasteiger partial charge in [0, 0.05) is 19.3 Å². The van der Waals surface area contributed by atoms with E-state index in [0.717, 1.165) is 154 Å². The first-order valence-electron chi connectivity index (χ1n) is 31.0. The Hall–Kier alpha value is -4.19. The van der Waals surface area contributed by atoms with Crippen LogP contribution in [0.5, 0.6) is 0 Å². The third-order valence-electron chi connectivity index (χ3n) is 12.9. The molecule has 0 bridgehead atoms. The minimum atomic E-state index is -0.800. The van der Waals surface area contributed by atoms with Gasteiger partial charge < -0.3 is 14.2 Å². The molecule has 0 amide bonds. The second-order valence-electron chi connectivity index (χ2n) is 20.2. The smallest absolute Gasteiger partial charge is 0.306 e. The van der Waals surface area contributed by atoms with Gasteiger partial charge in [-0.05, 0) is 128 Å². The van der Waals surface area contributed by atoms with Crippen molar-refractivity contribution in [3.05, 3.63) is 122 Å². The number of unbranched alkanes of at least 4 members (excludes halogenated alkanes) is 24. The fraction of sp³-hybridized carbons (Fsp3) is 0.667. The average molecular weight is 1040 g/mol. The molecule has 0 radical (unpaired) electrons. The summed E-state index contributed by atoms with van der Waals surface area (Å²) in [7, 11) is 0. The lowest BCUT2D eigenvalue weighted by Crippen LogP contribution is -2.30. The molecule has 0 aliphatic heterocycles. The van der Waals surface area contributed by atoms with Gasteiger partial charge in [0.1, 0.15) is 13.2 Å². The van der Waals surface area contributed by atoms with Crippen LogP contribution in [0.15, 0.2) is 122 Å². The Labute approximate surface area is 462 Å². The molecule has 0 aliphatic carbocycles. The molecule has 1 atom stereocenters. The van der Waals surface area contributed by atoms with Gasteiger partial charge in [0.2, 0.25) is 0 Å². The van der Waals surface area contributed by atoms with Crippen LogP contribution in [0.4, 0.5) is 0 Å². The van der Waals surface area contributed by atoms with Crippen molar-refractivity contribution in [3.63, 3.8) is 0 Å². The molecular weight excluding hydrogens is 925 g/mol. The molecule has 0 saturated heterocycles. The second-order valence-corrected chi connectivity index (χ2v) is 20.2. The van der Waals surface area contributed by atoms with Crippen LogP contribution in [-0.4, -0.2) is 37.2 Å². The molecule has 6 heteroatoms. The molecule has 0 heterocycles. The Morgan fingerprint density at radius 1 is 0.280 bits per heavy atom. The summed E-state index contributed by atoms with van der Waals surface area (Å²) in [5, 5.41) is 0. The summed E-state index contributed by atoms with van der Waals surface area (Å²) in [5.41, 5.74) is 0. The Morgan fingerprint density at radius 3 is 0.867 bits per heavy atom. The van der Waals surface area contributed by atoms with Crippen LogP contribution in [0.25, 0.3) is 0 Å². The Morgan fingerprint density at radius 2 is 0.547 bits per heavy atom. The summed E-state index contributed by atoms with van der Waals surface area (Å²) in [6, 6.07) is 0. The van der Waals surface area contributed by atoms with Crippen molar-refractivity contribution >= 4 is 17.9 Å². The Balaban J connectivity index is 4.42. The molecule has 0 spiro atoms. The van der Waals surface area contributed by atoms with Gasteiger partial charge in [-0.1, -0.05) is 251 Å². The first kappa shape index (κ1) is 70.8. The van der Waals surface area contributed by atoms with Crippen LogP contribution in [0.2, 0.25) is 0 Å². The van der Waals surface area contributed by atoms with Crippen molar-refractivity contribution in [2.75, 3.05) is 13.2 Å². The highest BCUT2D eigenvalue weighted by Crippen LogP contribution is 2.14. The minimum Gasteiger partial charge on any atom is -0.462 e. The zero-order chi connectivity index (χ0) is 54.3. The summed E-state index contributed by atoms with van der Waals surface area (Å²) < 4.78 is 16.9. The highest BCUT2D eigenvalue weighted by molar-refractivity contribution is 5.71. The summed E-state index contributed by atoms with van der Waals surface area (Å²) in [6.07, 6.45) is 86.2. The lowest BCUT2D eigenvalue weighted by molar-refractivity contribution is -0.167. The van der Waals surface area contributed by atoms with Crippen LogP contribution < -0.4 is 0 Å². The largest absolute Gasteiger partial charge is 0.462 e. The number of ether oxygens (including phenoxy) is 3. The zero-order valence-corrected chi connectivity index (χ0v) is 48.8. The van der Waals surface area contributed by atoms with Gasteiger partial charge in [0.25, 0.3) is 0 Å². The highest BCUT2D eigenvalue weighted by atomic mass is 16.6. The second kappa shape index (κ2) is 62.4. The number of rotatable bonds is 55. The molecule has 6 nitrogen and oxygen atoms in total. The van der Waals surface area contributed by atoms with E-state index in [0.29, 0.717) is 19.3 Å². The number of allylic oxidation sites excluding steroid dienone is 20. The summed E-state index contributed by atoms with van der Waals surface area (Å²) >= 11 is 0. The topological polar surface area (TPSA) is 78.9 Å². The quantitative estimate of drug-likeness (QED) is 0.0261. The van der Waals surface area contributed by atoms with Crippen molar-refractivity contribution in [1.29, 1.82) is 0 Å². The molecule has 0 saturated carbocycles. The lowest BCUT2D eigenvalue weighted by atomic mass is 10.1. The molecule has 0 aromatic heterocycles. The fourth-order valence-corrected chi connectivity index (χ4v) is 8.28. The van der Waals surface area contributed by atoms with Crippen LogP contribution in [0.1, 0.15) is 278 Å². The van der Waals surface area contributed by atoms with Crippen molar-refractivity contribution in [2.45, 2.75) is 284 Å². The molecule has 1 unspecified atom stereocenters. The third kappa shape index (κ3) is 60.6. The molecule has 0 N–H and O–H groups in total. The normalized spacial score (nSPS) is 12.9. The molecule has 0 aliphatic rings. The van der Waals surface area contributed by atoms with Crippen molar-refractivity contribution in [1.82, 2.24) is 0 Å². The van der Waals surface area contributed by atoms with Gasteiger partial charge in [-0.25, -0.2) is 0 Å². The van der Waals surface area contributed by atoms with E-state index in [1.54, 1.807) is 0 Å². The van der Waals surface area contributed by atoms with Crippen molar-refractivity contribution in [3.8, 4) is 0 Å². The first-order valence-corrected chi connectivity index (χ1v) is 31.0. The van der Waals surface area contributed by atoms with E-state index in [1.165, 1.54) is 83.5 Å². The van der Waals surface area contributed by atoms with E-state index in [9.17, 15) is 14.4 Å². The maximum Gasteiger partial charge on any atom is 0.306 e. The number of carbonyl (C=O) groups excluding carboxylic acids is 3. The number of hydrogen-bond donors (Lipinski definition) is 0. The van der Waals surface area contributed by atoms with Gasteiger partial charge in [-0.2, -0.15) is 0 Å². The summed E-state index contributed by atoms with van der Waals surface area (Å²) in [4.78, 5) is 38.3. The number of hydrogen-bond acceptors (Lipinski definition) is 6. The Kier molecular flexibility index (Phi) is 58.9. The molecular formula is C69H114O6. The van der Waals surface area contributed by atoms with Gasteiger partial charge in [-0.3, -0.25) is 14.4 Å². The molecule has 426 valence electrons. The molecule has 0 fully saturated rings. The van der Waals surface area contributed by atoms with Crippen LogP contribution in [0.3, 0.4) is 0 Å². The fourth-order valence-electron chi connectivity index (χ4n) is 8.28. The maximum atomic E-state index is 12.9. The predicted octanol–water partition coefficient (Wildman–Crippen LogP) is 21.2. The standard InChI is InChI=1S/C69H114O6/c1-4-7-10-13-16-19-22-25-27-29-31-33-34-36-37-39-41-44-47-50-53-56-59-62-68(71)74-65-66(64-73-67(70)61-58-55-52-49-46-43-24-21-18-15-12-9-6-3)75-69(72)63-60-57-54-51-48-45-42-40-38-35-32-30-28-26-23-20-17-14-11-8-5-2/h7,10,12,15-16,19,21,23-27,30-33,36-38,40,66H,4-6,8-9,11,13-14,17-18,20,22,28-29,34-35,39,41-65H2,1-3H3/b10-7-,15-12-,19-16-,24-21-,26-23-,27-25-,32-30-,33-31-,37-36-,40-38-. The SMILES string of the molecule is CC/C=C\C/C=C\C/C=C\C/C=C\C/C=C\CCCCCCCCCC(=O)OCC(COC(=O)CCCCCCC/C=C\C/C=C\CCC)OC(=O)CCCCCCCC/C=C\C/C=C\C/C=C\CCCCCCC. The number of esters is 3. The van der Waals surface area contributed by atoms with Crippen LogP contribution >= 0.6 is 0 Å². The van der Waals surface area contributed by atoms with Gasteiger partial charge in [0.05, 0.1) is 0 Å². The van der Waals surface area contributed by atoms with E-state index < -0.39 is 6.10 Å². The minimum absolute atomic E-state index is 0.0966. The third-order valence-corrected chi connectivity index (χ3v) is 12.9. The van der Waals surface area contributed by atoms with Crippen LogP contribution in [-0.2, 0) is 28.6 Å². The monoisotopic (exact) mass is 1040 g/mol. The summed E-state index contributed by atoms with van der Waals surface area (Å²) in [5.74, 6) is -0.932. The molecule has 0 rings (SSSR count). The van der Waals surface area contributed by atoms with E-state index in [4.69, 9.17) is 14.2 Å². The highest BCUT2D eigenvalue weighted by Gasteiger charge is 2.19. The van der Waals surface area contributed by atoms with E-state index >= 15 is 0 Å². The van der Waals surface area contributed by atoms with Gasteiger partial charge in [0.15, 0.2) is 6.10 Å². The van der Waals surface area contributed by atoms with E-state index in [1.807, 2.05) is 0 Å². The van der Waals surface area contributed by atoms with Crippen molar-refractivity contribution in [2.24, 2.45) is 0 Å². The zero-order valence-electron chi connectivity index (χ0n) is 48.8. The average Bonchev–Trinajstić information content (AvgIpc) is 3.41. The van der Waals surface area contributed by atoms with E-state index in [-0.39, 0.29) is 31.1 Å². The number of carbonyl (C=O) groups is 3. The van der Waals surface area contributed by atoms with Gasteiger partial charge >= 0.3 is 17.9 Å². The molecule has 0 aromatic rings. The van der Waals surface area contributed by atoms with Gasteiger partial charge in [-0.15, -0.1) is 0 Å². The maximum absolute atomic E-state index is 12.9. The van der Waals surface area contributed by atoms with E-state index in [2.05, 4.69) is 142 Å². The lowest BCUT2D eigenvalue weighted by Gasteiger charge is -2.18. The van der Waals surface area contributed by atoms with Crippen molar-refractivity contribution < 1.29 is 28.6 Å². The summed E-state index contributed by atoms with van der Waals surface area (Å²) in [6.45, 7) is 6.42. The molecule has 0 aromatic carbocycles.